The van der Waals surface area contributed by atoms with Crippen molar-refractivity contribution in [3.8, 4) is 11.5 Å². The molecule has 31 heavy (non-hydrogen) atoms. The molecule has 0 bridgehead atoms. The van der Waals surface area contributed by atoms with E-state index in [1.165, 1.54) is 31.4 Å². The van der Waals surface area contributed by atoms with Crippen molar-refractivity contribution in [2.24, 2.45) is 0 Å². The van der Waals surface area contributed by atoms with Crippen molar-refractivity contribution in [2.45, 2.75) is 5.50 Å². The second-order valence-electron chi connectivity index (χ2n) is 6.80. The number of fused-ring (bicyclic) bond motifs is 1. The summed E-state index contributed by atoms with van der Waals surface area (Å²) in [5.41, 5.74) is -0.626. The summed E-state index contributed by atoms with van der Waals surface area (Å²) < 4.78 is 25.2. The van der Waals surface area contributed by atoms with Crippen molar-refractivity contribution in [3.63, 3.8) is 0 Å². The molecule has 1 atom stereocenters. The fourth-order valence-corrected chi connectivity index (χ4v) is 3.86. The zero-order valence-corrected chi connectivity index (χ0v) is 17.7. The third kappa shape index (κ3) is 3.70. The number of carbonyl (C=O) groups excluding carboxylic acids is 2. The molecule has 1 saturated heterocycles. The molecule has 8 heteroatoms. The highest BCUT2D eigenvalue weighted by molar-refractivity contribution is 7.81. The van der Waals surface area contributed by atoms with Gasteiger partial charge in [0.25, 0.3) is 11.8 Å². The lowest BCUT2D eigenvalue weighted by atomic mass is 9.99. The number of halogens is 1. The van der Waals surface area contributed by atoms with E-state index in [4.69, 9.17) is 9.47 Å². The number of methoxy groups -OCH3 is 2. The Morgan fingerprint density at radius 3 is 2.52 bits per heavy atom. The highest BCUT2D eigenvalue weighted by Crippen LogP contribution is 2.34. The van der Waals surface area contributed by atoms with Crippen molar-refractivity contribution in [1.82, 2.24) is 5.32 Å². The smallest absolute Gasteiger partial charge is 0.266 e. The standard InChI is InChI=1S/C23H19FN2O4S/c1-29-14-9-7-13-8-10-20(30-2)16(15(13)11-14)12-17-21(27)25-23(31)26(22(17)28)19-6-4-3-5-18(19)24/h3-12,23,31H,1-2H3,(H,25,27)/b17-12-. The van der Waals surface area contributed by atoms with Crippen molar-refractivity contribution in [1.29, 1.82) is 0 Å². The molecule has 2 amide bonds. The second-order valence-corrected chi connectivity index (χ2v) is 7.29. The van der Waals surface area contributed by atoms with E-state index < -0.39 is 23.1 Å². The maximum atomic E-state index is 14.4. The Hall–Kier alpha value is -3.52. The molecule has 1 aliphatic heterocycles. The number of para-hydroxylation sites is 1. The maximum absolute atomic E-state index is 14.4. The molecule has 1 aliphatic rings. The van der Waals surface area contributed by atoms with Gasteiger partial charge in [-0.15, -0.1) is 12.6 Å². The van der Waals surface area contributed by atoms with Crippen LogP contribution in [0.15, 0.2) is 60.2 Å². The first-order valence-corrected chi connectivity index (χ1v) is 9.89. The normalized spacial score (nSPS) is 17.7. The molecule has 3 aromatic carbocycles. The molecule has 158 valence electrons. The van der Waals surface area contributed by atoms with Crippen LogP contribution in [-0.2, 0) is 9.59 Å². The molecule has 3 aromatic rings. The molecule has 0 aromatic heterocycles. The van der Waals surface area contributed by atoms with E-state index in [9.17, 15) is 14.0 Å². The molecule has 0 aliphatic carbocycles. The number of ether oxygens (including phenoxy) is 2. The molecule has 0 saturated carbocycles. The lowest BCUT2D eigenvalue weighted by Gasteiger charge is -2.34. The van der Waals surface area contributed by atoms with Crippen LogP contribution in [0.1, 0.15) is 5.56 Å². The minimum atomic E-state index is -1.01. The average molecular weight is 438 g/mol. The Labute approximate surface area is 183 Å². The monoisotopic (exact) mass is 438 g/mol. The highest BCUT2D eigenvalue weighted by atomic mass is 32.1. The number of rotatable bonds is 4. The van der Waals surface area contributed by atoms with Crippen LogP contribution in [0.4, 0.5) is 10.1 Å². The van der Waals surface area contributed by atoms with Gasteiger partial charge in [-0.25, -0.2) is 4.39 Å². The van der Waals surface area contributed by atoms with Gasteiger partial charge in [0.2, 0.25) is 0 Å². The third-order valence-corrected chi connectivity index (χ3v) is 5.41. The fraction of sp³-hybridized carbons (Fsp3) is 0.130. The van der Waals surface area contributed by atoms with Gasteiger partial charge in [0.15, 0.2) is 5.50 Å². The summed E-state index contributed by atoms with van der Waals surface area (Å²) in [6.07, 6.45) is 1.45. The molecular weight excluding hydrogens is 419 g/mol. The van der Waals surface area contributed by atoms with Crippen LogP contribution in [0.25, 0.3) is 16.8 Å². The Morgan fingerprint density at radius 1 is 1.06 bits per heavy atom. The summed E-state index contributed by atoms with van der Waals surface area (Å²) in [5.74, 6) is -0.796. The van der Waals surface area contributed by atoms with Gasteiger partial charge in [-0.3, -0.25) is 14.5 Å². The summed E-state index contributed by atoms with van der Waals surface area (Å²) in [7, 11) is 3.05. The number of amides is 2. The SMILES string of the molecule is COc1ccc2ccc(OC)c(/C=C3/C(=O)NC(S)N(c4ccccc4F)C3=O)c2c1. The van der Waals surface area contributed by atoms with Gasteiger partial charge >= 0.3 is 0 Å². The Kier molecular flexibility index (Phi) is 5.56. The number of hydrogen-bond acceptors (Lipinski definition) is 5. The minimum Gasteiger partial charge on any atom is -0.497 e. The van der Waals surface area contributed by atoms with Crippen LogP contribution in [0, 0.1) is 5.82 Å². The maximum Gasteiger partial charge on any atom is 0.266 e. The van der Waals surface area contributed by atoms with Gasteiger partial charge in [0.05, 0.1) is 19.9 Å². The van der Waals surface area contributed by atoms with Crippen molar-refractivity contribution >= 4 is 47.0 Å². The summed E-state index contributed by atoms with van der Waals surface area (Å²) in [4.78, 5) is 27.1. The van der Waals surface area contributed by atoms with E-state index in [1.54, 1.807) is 25.3 Å². The minimum absolute atomic E-state index is 0.0185. The third-order valence-electron chi connectivity index (χ3n) is 5.05. The van der Waals surface area contributed by atoms with Gasteiger partial charge in [0, 0.05) is 5.56 Å². The summed E-state index contributed by atoms with van der Waals surface area (Å²) in [6, 6.07) is 14.9. The van der Waals surface area contributed by atoms with Crippen LogP contribution in [0.5, 0.6) is 11.5 Å². The topological polar surface area (TPSA) is 67.9 Å². The molecule has 0 radical (unpaired) electrons. The Morgan fingerprint density at radius 2 is 1.81 bits per heavy atom. The summed E-state index contributed by atoms with van der Waals surface area (Å²) >= 11 is 4.26. The lowest BCUT2D eigenvalue weighted by molar-refractivity contribution is -0.124. The molecule has 1 fully saturated rings. The molecular formula is C23H19FN2O4S. The zero-order valence-electron chi connectivity index (χ0n) is 16.8. The van der Waals surface area contributed by atoms with E-state index >= 15 is 0 Å². The number of carbonyl (C=O) groups is 2. The molecule has 1 N–H and O–H groups in total. The highest BCUT2D eigenvalue weighted by Gasteiger charge is 2.37. The number of benzene rings is 3. The van der Waals surface area contributed by atoms with Crippen LogP contribution in [0.3, 0.4) is 0 Å². The van der Waals surface area contributed by atoms with Crippen molar-refractivity contribution in [3.05, 3.63) is 71.6 Å². The van der Waals surface area contributed by atoms with E-state index in [1.807, 2.05) is 18.2 Å². The molecule has 6 nitrogen and oxygen atoms in total. The van der Waals surface area contributed by atoms with E-state index in [-0.39, 0.29) is 11.3 Å². The number of thiol groups is 1. The van der Waals surface area contributed by atoms with Crippen LogP contribution in [-0.4, -0.2) is 31.5 Å². The van der Waals surface area contributed by atoms with Gasteiger partial charge in [-0.1, -0.05) is 24.3 Å². The first-order valence-electron chi connectivity index (χ1n) is 9.38. The fourth-order valence-electron chi connectivity index (χ4n) is 3.51. The number of nitrogens with one attached hydrogen (secondary N) is 1. The lowest BCUT2D eigenvalue weighted by Crippen LogP contribution is -2.56. The van der Waals surface area contributed by atoms with Gasteiger partial charge in [-0.05, 0) is 47.2 Å². The van der Waals surface area contributed by atoms with Crippen molar-refractivity contribution in [2.75, 3.05) is 19.1 Å². The average Bonchev–Trinajstić information content (AvgIpc) is 2.77. The second kappa shape index (κ2) is 8.31. The van der Waals surface area contributed by atoms with E-state index in [0.717, 1.165) is 15.7 Å². The first-order chi connectivity index (χ1) is 14.9. The van der Waals surface area contributed by atoms with Crippen LogP contribution < -0.4 is 19.7 Å². The Bertz CT molecular complexity index is 1220. The van der Waals surface area contributed by atoms with E-state index in [0.29, 0.717) is 17.1 Å². The quantitative estimate of drug-likeness (QED) is 0.370. The van der Waals surface area contributed by atoms with Crippen molar-refractivity contribution < 1.29 is 23.5 Å². The summed E-state index contributed by atoms with van der Waals surface area (Å²) in [6.45, 7) is 0. The predicted octanol–water partition coefficient (Wildman–Crippen LogP) is 3.76. The van der Waals surface area contributed by atoms with E-state index in [2.05, 4.69) is 17.9 Å². The van der Waals surface area contributed by atoms with Gasteiger partial charge < -0.3 is 14.8 Å². The zero-order chi connectivity index (χ0) is 22.1. The Balaban J connectivity index is 1.89. The molecule has 1 heterocycles. The largest absolute Gasteiger partial charge is 0.497 e. The summed E-state index contributed by atoms with van der Waals surface area (Å²) in [5, 5.41) is 4.20. The van der Waals surface area contributed by atoms with Gasteiger partial charge in [0.1, 0.15) is 22.9 Å². The number of nitrogens with zero attached hydrogens (tertiary/aromatic N) is 1. The first kappa shape index (κ1) is 20.7. The van der Waals surface area contributed by atoms with Crippen LogP contribution >= 0.6 is 12.6 Å². The molecule has 4 rings (SSSR count). The number of hydrogen-bond donors (Lipinski definition) is 2. The molecule has 0 spiro atoms. The predicted molar refractivity (Wildman–Crippen MR) is 120 cm³/mol. The number of anilines is 1. The molecule has 1 unspecified atom stereocenters. The van der Waals surface area contributed by atoms with Gasteiger partial charge in [-0.2, -0.15) is 0 Å². The van der Waals surface area contributed by atoms with Crippen LogP contribution in [0.2, 0.25) is 0 Å².